The number of aryl methyl sites for hydroxylation is 1. The van der Waals surface area contributed by atoms with Gasteiger partial charge in [-0.05, 0) is 44.5 Å². The van der Waals surface area contributed by atoms with E-state index < -0.39 is 10.0 Å². The number of fused-ring (bicyclic) bond motifs is 1. The third kappa shape index (κ3) is 3.70. The summed E-state index contributed by atoms with van der Waals surface area (Å²) in [5.74, 6) is 0. The van der Waals surface area contributed by atoms with E-state index in [1.165, 1.54) is 6.26 Å². The van der Waals surface area contributed by atoms with Crippen molar-refractivity contribution in [1.29, 1.82) is 5.26 Å². The SMILES string of the molecule is Cc1c(C=O)ccc2c1cc(C#N)n2C[C@H](C)N1CCN(S(C)(=O)=O)C(C)C1. The minimum atomic E-state index is -3.20. The summed E-state index contributed by atoms with van der Waals surface area (Å²) in [7, 11) is -3.20. The van der Waals surface area contributed by atoms with Crippen LogP contribution >= 0.6 is 0 Å². The number of piperazine rings is 1. The van der Waals surface area contributed by atoms with Gasteiger partial charge in [-0.15, -0.1) is 0 Å². The molecule has 28 heavy (non-hydrogen) atoms. The molecule has 1 unspecified atom stereocenters. The Bertz CT molecular complexity index is 1050. The predicted octanol–water partition coefficient (Wildman–Crippen LogP) is 1.99. The van der Waals surface area contributed by atoms with Crippen LogP contribution in [0, 0.1) is 18.3 Å². The highest BCUT2D eigenvalue weighted by Crippen LogP contribution is 2.26. The highest BCUT2D eigenvalue weighted by Gasteiger charge is 2.32. The average Bonchev–Trinajstić information content (AvgIpc) is 2.99. The zero-order chi connectivity index (χ0) is 20.6. The van der Waals surface area contributed by atoms with E-state index in [1.54, 1.807) is 10.4 Å². The molecule has 150 valence electrons. The molecule has 1 aliphatic rings. The summed E-state index contributed by atoms with van der Waals surface area (Å²) in [6.07, 6.45) is 2.09. The average molecular weight is 403 g/mol. The Morgan fingerprint density at radius 2 is 2.07 bits per heavy atom. The van der Waals surface area contributed by atoms with Crippen molar-refractivity contribution in [1.82, 2.24) is 13.8 Å². The zero-order valence-electron chi connectivity index (χ0n) is 16.7. The summed E-state index contributed by atoms with van der Waals surface area (Å²) in [6.45, 7) is 8.34. The second-order valence-corrected chi connectivity index (χ2v) is 9.58. The number of rotatable bonds is 5. The second kappa shape index (κ2) is 7.66. The fourth-order valence-corrected chi connectivity index (χ4v) is 5.29. The number of carbonyl (C=O) groups excluding carboxylic acids is 1. The lowest BCUT2D eigenvalue weighted by molar-refractivity contribution is 0.102. The van der Waals surface area contributed by atoms with Crippen LogP contribution in [0.3, 0.4) is 0 Å². The molecule has 1 aromatic heterocycles. The zero-order valence-corrected chi connectivity index (χ0v) is 17.5. The molecule has 3 rings (SSSR count). The second-order valence-electron chi connectivity index (χ2n) is 7.65. The van der Waals surface area contributed by atoms with Crippen molar-refractivity contribution in [2.24, 2.45) is 0 Å². The molecule has 8 heteroatoms. The first-order valence-corrected chi connectivity index (χ1v) is 11.2. The van der Waals surface area contributed by atoms with Gasteiger partial charge in [0.25, 0.3) is 0 Å². The molecule has 0 amide bonds. The van der Waals surface area contributed by atoms with Crippen molar-refractivity contribution in [3.05, 3.63) is 35.0 Å². The van der Waals surface area contributed by atoms with Crippen LogP contribution < -0.4 is 0 Å². The number of hydrogen-bond donors (Lipinski definition) is 0. The van der Waals surface area contributed by atoms with Crippen LogP contribution in [0.1, 0.15) is 35.5 Å². The normalized spacial score (nSPS) is 20.2. The van der Waals surface area contributed by atoms with E-state index in [1.807, 2.05) is 30.5 Å². The summed E-state index contributed by atoms with van der Waals surface area (Å²) in [4.78, 5) is 13.5. The number of nitriles is 1. The molecule has 0 bridgehead atoms. The number of aromatic nitrogens is 1. The van der Waals surface area contributed by atoms with Gasteiger partial charge in [0, 0.05) is 54.7 Å². The van der Waals surface area contributed by atoms with Gasteiger partial charge in [-0.25, -0.2) is 8.42 Å². The highest BCUT2D eigenvalue weighted by atomic mass is 32.2. The van der Waals surface area contributed by atoms with Crippen molar-refractivity contribution in [3.63, 3.8) is 0 Å². The molecule has 1 aromatic carbocycles. The Balaban J connectivity index is 1.86. The van der Waals surface area contributed by atoms with E-state index in [-0.39, 0.29) is 12.1 Å². The summed E-state index contributed by atoms with van der Waals surface area (Å²) in [5.41, 5.74) is 3.02. The smallest absolute Gasteiger partial charge is 0.211 e. The largest absolute Gasteiger partial charge is 0.331 e. The number of aldehydes is 1. The number of nitrogens with zero attached hydrogens (tertiary/aromatic N) is 4. The van der Waals surface area contributed by atoms with Crippen LogP contribution in [0.15, 0.2) is 18.2 Å². The molecule has 2 atom stereocenters. The van der Waals surface area contributed by atoms with Gasteiger partial charge < -0.3 is 4.57 Å². The molecule has 1 fully saturated rings. The summed E-state index contributed by atoms with van der Waals surface area (Å²) in [6, 6.07) is 7.84. The molecule has 1 aliphatic heterocycles. The van der Waals surface area contributed by atoms with Gasteiger partial charge in [0.05, 0.1) is 6.26 Å². The number of benzene rings is 1. The van der Waals surface area contributed by atoms with Gasteiger partial charge in [-0.3, -0.25) is 9.69 Å². The molecule has 0 radical (unpaired) electrons. The Labute approximate surface area is 166 Å². The van der Waals surface area contributed by atoms with E-state index in [0.29, 0.717) is 37.4 Å². The molecular formula is C20H26N4O3S. The standard InChI is InChI=1S/C20H26N4O3S/c1-14(22-7-8-24(15(2)11-22)28(4,26)27)12-23-18(10-21)9-19-16(3)17(13-25)5-6-20(19)23/h5-6,9,13-15H,7-8,11-12H2,1-4H3/t14-,15?/m0/s1. The number of sulfonamides is 1. The van der Waals surface area contributed by atoms with Gasteiger partial charge in [-0.1, -0.05) is 0 Å². The first kappa shape index (κ1) is 20.5. The van der Waals surface area contributed by atoms with Crippen molar-refractivity contribution in [3.8, 4) is 6.07 Å². The number of hydrogen-bond acceptors (Lipinski definition) is 5. The van der Waals surface area contributed by atoms with Crippen LogP contribution in [0.25, 0.3) is 10.9 Å². The molecule has 0 saturated carbocycles. The van der Waals surface area contributed by atoms with Crippen LogP contribution in [-0.4, -0.2) is 66.4 Å². The maximum absolute atomic E-state index is 11.9. The van der Waals surface area contributed by atoms with Crippen LogP contribution in [0.2, 0.25) is 0 Å². The molecular weight excluding hydrogens is 376 g/mol. The maximum Gasteiger partial charge on any atom is 0.211 e. The molecule has 2 heterocycles. The minimum Gasteiger partial charge on any atom is -0.331 e. The Morgan fingerprint density at radius 1 is 1.36 bits per heavy atom. The van der Waals surface area contributed by atoms with Crippen molar-refractivity contribution < 1.29 is 13.2 Å². The van der Waals surface area contributed by atoms with Crippen molar-refractivity contribution in [2.75, 3.05) is 25.9 Å². The fourth-order valence-electron chi connectivity index (χ4n) is 4.15. The predicted molar refractivity (Wildman–Crippen MR) is 109 cm³/mol. The van der Waals surface area contributed by atoms with E-state index in [0.717, 1.165) is 22.8 Å². The quantitative estimate of drug-likeness (QED) is 0.714. The first-order valence-electron chi connectivity index (χ1n) is 9.36. The van der Waals surface area contributed by atoms with E-state index >= 15 is 0 Å². The van der Waals surface area contributed by atoms with Crippen molar-refractivity contribution >= 4 is 27.2 Å². The Morgan fingerprint density at radius 3 is 2.64 bits per heavy atom. The summed E-state index contributed by atoms with van der Waals surface area (Å²) in [5, 5.41) is 10.5. The molecule has 7 nitrogen and oxygen atoms in total. The first-order chi connectivity index (χ1) is 13.2. The topological polar surface area (TPSA) is 86.4 Å². The third-order valence-electron chi connectivity index (χ3n) is 5.73. The third-order valence-corrected chi connectivity index (χ3v) is 7.13. The summed E-state index contributed by atoms with van der Waals surface area (Å²) >= 11 is 0. The van der Waals surface area contributed by atoms with Crippen LogP contribution in [0.4, 0.5) is 0 Å². The van der Waals surface area contributed by atoms with Crippen LogP contribution in [0.5, 0.6) is 0 Å². The minimum absolute atomic E-state index is 0.0829. The van der Waals surface area contributed by atoms with Gasteiger partial charge in [0.2, 0.25) is 10.0 Å². The summed E-state index contributed by atoms with van der Waals surface area (Å²) < 4.78 is 27.3. The van der Waals surface area contributed by atoms with Gasteiger partial charge >= 0.3 is 0 Å². The maximum atomic E-state index is 11.9. The Hall–Kier alpha value is -2.21. The van der Waals surface area contributed by atoms with Crippen molar-refractivity contribution in [2.45, 2.75) is 39.4 Å². The lowest BCUT2D eigenvalue weighted by atomic mass is 10.1. The fraction of sp³-hybridized carbons (Fsp3) is 0.500. The molecule has 1 saturated heterocycles. The number of carbonyl (C=O) groups is 1. The molecule has 0 spiro atoms. The van der Waals surface area contributed by atoms with E-state index in [2.05, 4.69) is 17.9 Å². The van der Waals surface area contributed by atoms with Gasteiger partial charge in [0.1, 0.15) is 18.0 Å². The Kier molecular flexibility index (Phi) is 5.62. The monoisotopic (exact) mass is 402 g/mol. The van der Waals surface area contributed by atoms with E-state index in [4.69, 9.17) is 0 Å². The van der Waals surface area contributed by atoms with Crippen LogP contribution in [-0.2, 0) is 16.6 Å². The lowest BCUT2D eigenvalue weighted by Crippen LogP contribution is -2.56. The molecule has 0 N–H and O–H groups in total. The van der Waals surface area contributed by atoms with E-state index in [9.17, 15) is 18.5 Å². The van der Waals surface area contributed by atoms with Gasteiger partial charge in [0.15, 0.2) is 0 Å². The lowest BCUT2D eigenvalue weighted by Gasteiger charge is -2.41. The highest BCUT2D eigenvalue weighted by molar-refractivity contribution is 7.88. The molecule has 0 aliphatic carbocycles. The molecule has 2 aromatic rings. The van der Waals surface area contributed by atoms with Gasteiger partial charge in [-0.2, -0.15) is 9.57 Å².